The molecule has 0 saturated heterocycles. The van der Waals surface area contributed by atoms with Crippen LogP contribution < -0.4 is 5.73 Å². The number of hydrogen-bond acceptors (Lipinski definition) is 4. The summed E-state index contributed by atoms with van der Waals surface area (Å²) in [6, 6.07) is 5.41. The minimum absolute atomic E-state index is 0.164. The predicted octanol–water partition coefficient (Wildman–Crippen LogP) is 3.06. The normalized spacial score (nSPS) is 9.29. The topological polar surface area (TPSA) is 92.7 Å². The summed E-state index contributed by atoms with van der Waals surface area (Å²) in [6.07, 6.45) is 3.11. The van der Waals surface area contributed by atoms with Gasteiger partial charge in [0.1, 0.15) is 16.4 Å². The van der Waals surface area contributed by atoms with E-state index in [0.717, 1.165) is 11.1 Å². The van der Waals surface area contributed by atoms with Gasteiger partial charge in [0.05, 0.1) is 11.1 Å². The summed E-state index contributed by atoms with van der Waals surface area (Å²) in [4.78, 5) is 18.2. The highest BCUT2D eigenvalue weighted by Gasteiger charge is 2.09. The summed E-state index contributed by atoms with van der Waals surface area (Å²) in [5, 5.41) is 8.97. The fraction of sp³-hybridized carbons (Fsp3) is 0.143. The summed E-state index contributed by atoms with van der Waals surface area (Å²) >= 11 is 11.2. The van der Waals surface area contributed by atoms with E-state index >= 15 is 0 Å². The third-order valence-electron chi connectivity index (χ3n) is 2.58. The van der Waals surface area contributed by atoms with Crippen LogP contribution in [0.5, 0.6) is 0 Å². The molecule has 2 heterocycles. The maximum Gasteiger partial charge on any atom is 0.252 e. The van der Waals surface area contributed by atoms with Gasteiger partial charge in [0.2, 0.25) is 0 Å². The van der Waals surface area contributed by atoms with Gasteiger partial charge in [-0.05, 0) is 37.1 Å². The Morgan fingerprint density at radius 3 is 2.00 bits per heavy atom. The SMILES string of the molecule is Cc1ccnc(Cl)c1C#N.Cc1ccnc(Cl)c1C(N)=O. The van der Waals surface area contributed by atoms with Gasteiger partial charge < -0.3 is 5.73 Å². The van der Waals surface area contributed by atoms with Crippen LogP contribution in [-0.4, -0.2) is 15.9 Å². The third-order valence-corrected chi connectivity index (χ3v) is 3.16. The van der Waals surface area contributed by atoms with Gasteiger partial charge >= 0.3 is 0 Å². The molecule has 0 bridgehead atoms. The first-order valence-electron chi connectivity index (χ1n) is 5.80. The summed E-state index contributed by atoms with van der Waals surface area (Å²) in [6.45, 7) is 3.58. The number of nitrogens with two attached hydrogens (primary N) is 1. The van der Waals surface area contributed by atoms with Crippen molar-refractivity contribution in [2.45, 2.75) is 13.8 Å². The molecule has 2 rings (SSSR count). The van der Waals surface area contributed by atoms with E-state index in [2.05, 4.69) is 9.97 Å². The van der Waals surface area contributed by atoms with E-state index in [0.29, 0.717) is 11.1 Å². The molecule has 21 heavy (non-hydrogen) atoms. The fourth-order valence-corrected chi connectivity index (χ4v) is 2.03. The molecule has 1 amide bonds. The zero-order valence-corrected chi connectivity index (χ0v) is 12.9. The smallest absolute Gasteiger partial charge is 0.252 e. The number of halogens is 2. The van der Waals surface area contributed by atoms with Crippen molar-refractivity contribution in [3.8, 4) is 6.07 Å². The van der Waals surface area contributed by atoms with Crippen molar-refractivity contribution < 1.29 is 4.79 Å². The van der Waals surface area contributed by atoms with Crippen LogP contribution in [0.15, 0.2) is 24.5 Å². The van der Waals surface area contributed by atoms with Crippen LogP contribution in [0.25, 0.3) is 0 Å². The van der Waals surface area contributed by atoms with Crippen LogP contribution in [-0.2, 0) is 0 Å². The van der Waals surface area contributed by atoms with E-state index in [9.17, 15) is 4.79 Å². The quantitative estimate of drug-likeness (QED) is 0.816. The maximum atomic E-state index is 10.7. The molecule has 2 aromatic heterocycles. The molecule has 5 nitrogen and oxygen atoms in total. The lowest BCUT2D eigenvalue weighted by Crippen LogP contribution is -2.13. The molecule has 0 aromatic carbocycles. The number of carbonyl (C=O) groups excluding carboxylic acids is 1. The molecular weight excluding hydrogens is 311 g/mol. The number of aryl methyl sites for hydroxylation is 2. The summed E-state index contributed by atoms with van der Waals surface area (Å²) in [7, 11) is 0. The Hall–Kier alpha value is -2.16. The van der Waals surface area contributed by atoms with Crippen LogP contribution in [0.4, 0.5) is 0 Å². The molecule has 0 unspecified atom stereocenters. The zero-order chi connectivity index (χ0) is 16.0. The number of nitrogens with zero attached hydrogens (tertiary/aromatic N) is 3. The Labute approximate surface area is 132 Å². The van der Waals surface area contributed by atoms with E-state index in [1.54, 1.807) is 25.3 Å². The highest BCUT2D eigenvalue weighted by atomic mass is 35.5. The lowest BCUT2D eigenvalue weighted by molar-refractivity contribution is 0.0999. The average Bonchev–Trinajstić information content (AvgIpc) is 2.39. The number of nitriles is 1. The third kappa shape index (κ3) is 4.42. The lowest BCUT2D eigenvalue weighted by atomic mass is 10.1. The molecule has 0 radical (unpaired) electrons. The van der Waals surface area contributed by atoms with Crippen LogP contribution in [0.3, 0.4) is 0 Å². The minimum atomic E-state index is -0.541. The van der Waals surface area contributed by atoms with E-state index in [1.807, 2.05) is 13.0 Å². The molecule has 0 atom stereocenters. The number of pyridine rings is 2. The molecule has 2 aromatic rings. The van der Waals surface area contributed by atoms with Crippen LogP contribution >= 0.6 is 23.2 Å². The first-order chi connectivity index (χ1) is 9.88. The van der Waals surface area contributed by atoms with Crippen LogP contribution in [0.1, 0.15) is 27.0 Å². The average molecular weight is 323 g/mol. The lowest BCUT2D eigenvalue weighted by Gasteiger charge is -2.00. The molecule has 108 valence electrons. The predicted molar refractivity (Wildman–Crippen MR) is 81.2 cm³/mol. The Morgan fingerprint density at radius 2 is 1.67 bits per heavy atom. The van der Waals surface area contributed by atoms with Crippen molar-refractivity contribution in [2.75, 3.05) is 0 Å². The van der Waals surface area contributed by atoms with Crippen molar-refractivity contribution >= 4 is 29.1 Å². The summed E-state index contributed by atoms with van der Waals surface area (Å²) in [5.41, 5.74) is 7.43. The first kappa shape index (κ1) is 16.9. The highest BCUT2D eigenvalue weighted by molar-refractivity contribution is 6.32. The van der Waals surface area contributed by atoms with Gasteiger partial charge in [-0.2, -0.15) is 5.26 Å². The molecule has 2 N–H and O–H groups in total. The van der Waals surface area contributed by atoms with Gasteiger partial charge in [0.25, 0.3) is 5.91 Å². The number of carbonyl (C=O) groups is 1. The Balaban J connectivity index is 0.000000211. The van der Waals surface area contributed by atoms with Gasteiger partial charge in [0.15, 0.2) is 0 Å². The van der Waals surface area contributed by atoms with Crippen molar-refractivity contribution in [1.29, 1.82) is 5.26 Å². The minimum Gasteiger partial charge on any atom is -0.365 e. The van der Waals surface area contributed by atoms with Crippen molar-refractivity contribution in [2.24, 2.45) is 5.73 Å². The number of hydrogen-bond donors (Lipinski definition) is 1. The van der Waals surface area contributed by atoms with Gasteiger partial charge in [-0.25, -0.2) is 9.97 Å². The van der Waals surface area contributed by atoms with Gasteiger partial charge in [-0.3, -0.25) is 4.79 Å². The van der Waals surface area contributed by atoms with Crippen LogP contribution in [0, 0.1) is 25.2 Å². The van der Waals surface area contributed by atoms with E-state index in [-0.39, 0.29) is 10.3 Å². The monoisotopic (exact) mass is 322 g/mol. The van der Waals surface area contributed by atoms with Gasteiger partial charge in [0, 0.05) is 12.4 Å². The second-order valence-corrected chi connectivity index (χ2v) is 4.78. The van der Waals surface area contributed by atoms with Gasteiger partial charge in [-0.15, -0.1) is 0 Å². The standard InChI is InChI=1S/C7H7ClN2O.C7H5ClN2/c1-4-2-3-10-6(8)5(4)7(9)11;1-5-2-3-10-7(8)6(5)4-9/h2-3H,1H3,(H2,9,11);2-3H,1H3. The van der Waals surface area contributed by atoms with Crippen molar-refractivity contribution in [1.82, 2.24) is 9.97 Å². The molecule has 0 spiro atoms. The summed E-state index contributed by atoms with van der Waals surface area (Å²) < 4.78 is 0. The molecule has 0 aliphatic rings. The number of amides is 1. The molecule has 0 aliphatic carbocycles. The van der Waals surface area contributed by atoms with E-state index in [1.165, 1.54) is 6.20 Å². The Morgan fingerprint density at radius 1 is 1.14 bits per heavy atom. The highest BCUT2D eigenvalue weighted by Crippen LogP contribution is 2.15. The van der Waals surface area contributed by atoms with Gasteiger partial charge in [-0.1, -0.05) is 23.2 Å². The largest absolute Gasteiger partial charge is 0.365 e. The van der Waals surface area contributed by atoms with Crippen molar-refractivity contribution in [3.05, 3.63) is 57.1 Å². The first-order valence-corrected chi connectivity index (χ1v) is 6.56. The molecule has 7 heteroatoms. The van der Waals surface area contributed by atoms with E-state index in [4.69, 9.17) is 34.2 Å². The molecule has 0 fully saturated rings. The van der Waals surface area contributed by atoms with Crippen LogP contribution in [0.2, 0.25) is 10.3 Å². The van der Waals surface area contributed by atoms with E-state index < -0.39 is 5.91 Å². The molecule has 0 saturated carbocycles. The number of rotatable bonds is 1. The Kier molecular flexibility index (Phi) is 6.10. The summed E-state index contributed by atoms with van der Waals surface area (Å²) in [5.74, 6) is -0.541. The molecular formula is C14H12Cl2N4O. The second kappa shape index (κ2) is 7.58. The number of aromatic nitrogens is 2. The van der Waals surface area contributed by atoms with Crippen molar-refractivity contribution in [3.63, 3.8) is 0 Å². The zero-order valence-electron chi connectivity index (χ0n) is 11.4. The Bertz CT molecular complexity index is 670. The molecule has 0 aliphatic heterocycles. The second-order valence-electron chi connectivity index (χ2n) is 4.06. The maximum absolute atomic E-state index is 10.7. The fourth-order valence-electron chi connectivity index (χ4n) is 1.48. The number of primary amides is 1.